The van der Waals surface area contributed by atoms with Gasteiger partial charge in [-0.25, -0.2) is 0 Å². The molecule has 0 unspecified atom stereocenters. The molecule has 0 bridgehead atoms. The van der Waals surface area contributed by atoms with Crippen LogP contribution in [0.3, 0.4) is 0 Å². The van der Waals surface area contributed by atoms with E-state index in [1.807, 2.05) is 0 Å². The summed E-state index contributed by atoms with van der Waals surface area (Å²) in [5.74, 6) is 3.00. The van der Waals surface area contributed by atoms with Gasteiger partial charge in [0.25, 0.3) is 0 Å². The van der Waals surface area contributed by atoms with Gasteiger partial charge in [-0.3, -0.25) is 0 Å². The van der Waals surface area contributed by atoms with Gasteiger partial charge in [-0.15, -0.1) is 4.79 Å². The summed E-state index contributed by atoms with van der Waals surface area (Å²) >= 11 is 0. The topological polar surface area (TPSA) is 36.4 Å². The van der Waals surface area contributed by atoms with E-state index >= 15 is 0 Å². The van der Waals surface area contributed by atoms with Gasteiger partial charge in [0.15, 0.2) is 0 Å². The van der Waals surface area contributed by atoms with Crippen molar-refractivity contribution in [3.05, 3.63) is 101 Å². The van der Waals surface area contributed by atoms with Crippen molar-refractivity contribution in [3.8, 4) is 0 Å². The van der Waals surface area contributed by atoms with Crippen LogP contribution in [0.15, 0.2) is 59.7 Å². The Bertz CT molecular complexity index is 1380. The molecule has 0 radical (unpaired) electrons. The molecule has 0 spiro atoms. The van der Waals surface area contributed by atoms with Crippen LogP contribution in [0.4, 0.5) is 0 Å². The molecular weight excluding hydrogens is 831 g/mol. The maximum absolute atomic E-state index is 9.51. The van der Waals surface area contributed by atoms with Crippen LogP contribution in [0.1, 0.15) is 295 Å². The fraction of sp³-hybridized carbons (Fsp3) is 0.710. The maximum Gasteiger partial charge on any atom is 2.00 e. The van der Waals surface area contributed by atoms with Gasteiger partial charge < -0.3 is 19.4 Å². The van der Waals surface area contributed by atoms with Crippen molar-refractivity contribution >= 4 is 11.4 Å². The third kappa shape index (κ3) is 37.5. The second kappa shape index (κ2) is 51.2. The zero-order valence-corrected chi connectivity index (χ0v) is 45.1. The zero-order chi connectivity index (χ0) is 47.0. The van der Waals surface area contributed by atoms with Gasteiger partial charge in [0, 0.05) is 0 Å². The smallest absolute Gasteiger partial charge is 0.348 e. The quantitative estimate of drug-likeness (QED) is 0.0122. The average molecular weight is 938 g/mol. The van der Waals surface area contributed by atoms with Crippen molar-refractivity contribution in [2.75, 3.05) is 0 Å². The van der Waals surface area contributed by atoms with Crippen molar-refractivity contribution in [2.24, 2.45) is 0 Å². The van der Waals surface area contributed by atoms with E-state index in [1.54, 1.807) is 0 Å². The second-order valence-corrected chi connectivity index (χ2v) is 18.8. The SMILES string of the molecule is CCCCCCC(C(=C=[N+]=[N-])CCCC)=C(c1cccc(CC)c1)c1cccc(CCCC)c1.[CH2-]CCCCCCCCCCCCCC.[CH2-]CCCCCCCCCCCCCC.[Ni+2]. The molecule has 2 aromatic rings. The fourth-order valence-corrected chi connectivity index (χ4v) is 8.60. The van der Waals surface area contributed by atoms with Gasteiger partial charge in [0.05, 0.1) is 5.57 Å². The molecule has 0 aliphatic heterocycles. The van der Waals surface area contributed by atoms with Gasteiger partial charge in [0.2, 0.25) is 0 Å². The van der Waals surface area contributed by atoms with E-state index in [0.29, 0.717) is 0 Å². The summed E-state index contributed by atoms with van der Waals surface area (Å²) in [6, 6.07) is 18.1. The zero-order valence-electron chi connectivity index (χ0n) is 44.1. The number of allylic oxidation sites excluding steroid dienone is 2. The van der Waals surface area contributed by atoms with Gasteiger partial charge in [-0.2, -0.15) is 12.8 Å². The number of aryl methyl sites for hydroxylation is 2. The molecule has 0 heterocycles. The monoisotopic (exact) mass is 937 g/mol. The van der Waals surface area contributed by atoms with Crippen molar-refractivity contribution in [1.29, 1.82) is 0 Å². The van der Waals surface area contributed by atoms with Crippen LogP contribution in [-0.4, -0.2) is 10.7 Å². The summed E-state index contributed by atoms with van der Waals surface area (Å²) in [4.78, 5) is 3.39. The Balaban J connectivity index is 0. The number of unbranched alkanes of at least 4 members (excludes halogenated alkanes) is 29. The number of nitrogens with zero attached hydrogens (tertiary/aromatic N) is 2. The van der Waals surface area contributed by atoms with Crippen LogP contribution in [0.2, 0.25) is 0 Å². The second-order valence-electron chi connectivity index (χ2n) is 18.8. The minimum absolute atomic E-state index is 0. The summed E-state index contributed by atoms with van der Waals surface area (Å²) in [5.41, 5.74) is 18.4. The largest absolute Gasteiger partial charge is 2.00 e. The number of hydrogen-bond acceptors (Lipinski definition) is 0. The Labute approximate surface area is 417 Å². The number of hydrogen-bond donors (Lipinski definition) is 0. The first-order valence-corrected chi connectivity index (χ1v) is 28.0. The first-order valence-electron chi connectivity index (χ1n) is 28.0. The Morgan fingerprint density at radius 3 is 1.20 bits per heavy atom. The third-order valence-electron chi connectivity index (χ3n) is 12.8. The van der Waals surface area contributed by atoms with E-state index in [4.69, 9.17) is 0 Å². The van der Waals surface area contributed by atoms with Crippen LogP contribution >= 0.6 is 0 Å². The molecule has 0 aromatic heterocycles. The maximum atomic E-state index is 9.51. The summed E-state index contributed by atoms with van der Waals surface area (Å²) in [7, 11) is 0. The van der Waals surface area contributed by atoms with Gasteiger partial charge >= 0.3 is 22.4 Å². The minimum Gasteiger partial charge on any atom is -0.348 e. The number of benzene rings is 2. The number of rotatable bonds is 39. The Morgan fingerprint density at radius 1 is 0.446 bits per heavy atom. The predicted molar refractivity (Wildman–Crippen MR) is 289 cm³/mol. The molecule has 374 valence electrons. The van der Waals surface area contributed by atoms with E-state index in [-0.39, 0.29) is 16.5 Å². The first kappa shape index (κ1) is 64.9. The molecule has 2 aromatic carbocycles. The Kier molecular flexibility index (Phi) is 51.2. The van der Waals surface area contributed by atoms with Crippen LogP contribution in [0.5, 0.6) is 0 Å². The molecule has 0 atom stereocenters. The van der Waals surface area contributed by atoms with E-state index < -0.39 is 0 Å². The average Bonchev–Trinajstić information content (AvgIpc) is 3.32. The van der Waals surface area contributed by atoms with Crippen molar-refractivity contribution in [3.63, 3.8) is 0 Å². The third-order valence-corrected chi connectivity index (χ3v) is 12.8. The molecule has 3 heteroatoms. The molecule has 2 rings (SSSR count). The molecule has 65 heavy (non-hydrogen) atoms. The van der Waals surface area contributed by atoms with Gasteiger partial charge in [-0.1, -0.05) is 276 Å². The van der Waals surface area contributed by atoms with Gasteiger partial charge in [0.1, 0.15) is 0 Å². The molecule has 0 aliphatic carbocycles. The molecule has 0 amide bonds. The summed E-state index contributed by atoms with van der Waals surface area (Å²) in [5, 5.41) is 0. The predicted octanol–water partition coefficient (Wildman–Crippen LogP) is 21.2. The van der Waals surface area contributed by atoms with Crippen molar-refractivity contribution < 1.29 is 21.3 Å². The standard InChI is InChI=1S/C32H44N2.2C15H31.Ni/c1-5-9-12-13-22-31(30(25-34-33)19-11-7-3)32(28-20-14-17-26(8-4)23-28)29-21-15-18-27(24-29)16-10-6-2;2*1-3-5-7-9-11-13-15-14-12-10-8-6-4-2;/h14-15,17-18,20-21,23-24H,5-13,16,19,22H2,1-4H3;2*1,3-15H2,2H3;/q;2*-1;+2. The van der Waals surface area contributed by atoms with E-state index in [1.165, 1.54) is 220 Å². The van der Waals surface area contributed by atoms with Crippen LogP contribution in [-0.2, 0) is 29.3 Å². The van der Waals surface area contributed by atoms with Gasteiger partial charge in [-0.05, 0) is 78.3 Å². The molecule has 0 fully saturated rings. The van der Waals surface area contributed by atoms with E-state index in [0.717, 1.165) is 63.4 Å². The molecule has 2 nitrogen and oxygen atoms in total. The van der Waals surface area contributed by atoms with Crippen LogP contribution in [0, 0.1) is 13.8 Å². The fourth-order valence-electron chi connectivity index (χ4n) is 8.60. The van der Waals surface area contributed by atoms with E-state index in [2.05, 4.69) is 115 Å². The Morgan fingerprint density at radius 2 is 0.815 bits per heavy atom. The molecule has 0 aliphatic rings. The van der Waals surface area contributed by atoms with Crippen LogP contribution in [0.25, 0.3) is 11.1 Å². The molecule has 0 saturated carbocycles. The molecule has 0 saturated heterocycles. The van der Waals surface area contributed by atoms with Crippen molar-refractivity contribution in [2.45, 2.75) is 286 Å². The molecular formula is C62H106N2Ni. The normalized spacial score (nSPS) is 11.0. The molecule has 0 N–H and O–H groups in total. The minimum atomic E-state index is 0. The van der Waals surface area contributed by atoms with E-state index in [9.17, 15) is 5.53 Å². The summed E-state index contributed by atoms with van der Waals surface area (Å²) in [6.07, 6.45) is 50.1. The Hall–Kier alpha value is -2.17. The summed E-state index contributed by atoms with van der Waals surface area (Å²) < 4.78 is 0. The van der Waals surface area contributed by atoms with Crippen molar-refractivity contribution in [1.82, 2.24) is 0 Å². The summed E-state index contributed by atoms with van der Waals surface area (Å²) in [6.45, 7) is 21.2. The van der Waals surface area contributed by atoms with Crippen LogP contribution < -0.4 is 0 Å². The first-order chi connectivity index (χ1) is 31.5.